The summed E-state index contributed by atoms with van der Waals surface area (Å²) in [7, 11) is 1.59. The van der Waals surface area contributed by atoms with Gasteiger partial charge in [-0.1, -0.05) is 0 Å². The predicted molar refractivity (Wildman–Crippen MR) is 94.9 cm³/mol. The zero-order valence-electron chi connectivity index (χ0n) is 14.3. The molecule has 0 saturated carbocycles. The summed E-state index contributed by atoms with van der Waals surface area (Å²) in [6.07, 6.45) is 0. The number of carbonyl (C=O) groups is 2. The number of Topliss-reactive ketones (excluding diaryl/α,β-unsaturated/α-hetero) is 1. The van der Waals surface area contributed by atoms with Crippen LogP contribution >= 0.6 is 0 Å². The third-order valence-electron chi connectivity index (χ3n) is 3.66. The first kappa shape index (κ1) is 17.3. The van der Waals surface area contributed by atoms with Crippen molar-refractivity contribution in [3.05, 3.63) is 54.1 Å². The van der Waals surface area contributed by atoms with Gasteiger partial charge in [0.25, 0.3) is 0 Å². The molecule has 0 unspecified atom stereocenters. The molecule has 3 rings (SSSR count). The maximum Gasteiger partial charge on any atom is 0.248 e. The van der Waals surface area contributed by atoms with Gasteiger partial charge in [-0.2, -0.15) is 4.80 Å². The summed E-state index contributed by atoms with van der Waals surface area (Å²) < 4.78 is 5.11. The van der Waals surface area contributed by atoms with Crippen molar-refractivity contribution < 1.29 is 14.3 Å². The van der Waals surface area contributed by atoms with Gasteiger partial charge in [-0.15, -0.1) is 10.2 Å². The zero-order valence-corrected chi connectivity index (χ0v) is 14.3. The van der Waals surface area contributed by atoms with Crippen molar-refractivity contribution in [1.29, 1.82) is 0 Å². The van der Waals surface area contributed by atoms with E-state index in [-0.39, 0.29) is 18.2 Å². The van der Waals surface area contributed by atoms with Gasteiger partial charge >= 0.3 is 0 Å². The molecule has 0 radical (unpaired) electrons. The van der Waals surface area contributed by atoms with Crippen LogP contribution in [0.5, 0.6) is 5.75 Å². The van der Waals surface area contributed by atoms with Gasteiger partial charge in [-0.25, -0.2) is 0 Å². The summed E-state index contributed by atoms with van der Waals surface area (Å²) in [5.74, 6) is 0.836. The third kappa shape index (κ3) is 4.10. The number of nitrogens with zero attached hydrogens (tertiary/aromatic N) is 4. The van der Waals surface area contributed by atoms with E-state index < -0.39 is 0 Å². The fourth-order valence-corrected chi connectivity index (χ4v) is 2.28. The molecule has 8 heteroatoms. The fourth-order valence-electron chi connectivity index (χ4n) is 2.28. The Hall–Kier alpha value is -3.55. The molecule has 0 aliphatic rings. The van der Waals surface area contributed by atoms with Crippen molar-refractivity contribution in [2.75, 3.05) is 12.4 Å². The molecule has 0 aliphatic heterocycles. The number of ketones is 1. The maximum atomic E-state index is 12.1. The van der Waals surface area contributed by atoms with E-state index in [4.69, 9.17) is 4.74 Å². The largest absolute Gasteiger partial charge is 0.497 e. The highest BCUT2D eigenvalue weighted by atomic mass is 16.5. The van der Waals surface area contributed by atoms with E-state index in [1.54, 1.807) is 43.5 Å². The number of nitrogens with one attached hydrogen (secondary N) is 1. The monoisotopic (exact) mass is 351 g/mol. The van der Waals surface area contributed by atoms with Gasteiger partial charge in [-0.3, -0.25) is 9.59 Å². The first-order valence-electron chi connectivity index (χ1n) is 7.88. The maximum absolute atomic E-state index is 12.1. The Morgan fingerprint density at radius 2 is 1.77 bits per heavy atom. The Morgan fingerprint density at radius 1 is 1.08 bits per heavy atom. The molecule has 0 fully saturated rings. The number of methoxy groups -OCH3 is 1. The second-order valence-corrected chi connectivity index (χ2v) is 5.55. The van der Waals surface area contributed by atoms with E-state index in [1.807, 2.05) is 12.1 Å². The van der Waals surface area contributed by atoms with Gasteiger partial charge < -0.3 is 10.1 Å². The number of rotatable bonds is 6. The molecular weight excluding hydrogens is 334 g/mol. The van der Waals surface area contributed by atoms with E-state index >= 15 is 0 Å². The van der Waals surface area contributed by atoms with Crippen molar-refractivity contribution in [3.8, 4) is 17.1 Å². The third-order valence-corrected chi connectivity index (χ3v) is 3.66. The molecule has 2 aromatic carbocycles. The highest BCUT2D eigenvalue weighted by Gasteiger charge is 2.10. The van der Waals surface area contributed by atoms with Gasteiger partial charge in [0.1, 0.15) is 12.3 Å². The molecule has 0 saturated heterocycles. The number of ether oxygens (including phenoxy) is 1. The van der Waals surface area contributed by atoms with Crippen LogP contribution in [0, 0.1) is 0 Å². The Kier molecular flexibility index (Phi) is 5.02. The second kappa shape index (κ2) is 7.56. The van der Waals surface area contributed by atoms with Crippen LogP contribution in [0.2, 0.25) is 0 Å². The lowest BCUT2D eigenvalue weighted by atomic mass is 10.1. The van der Waals surface area contributed by atoms with Crippen molar-refractivity contribution in [3.63, 3.8) is 0 Å². The summed E-state index contributed by atoms with van der Waals surface area (Å²) in [5, 5.41) is 14.8. The van der Waals surface area contributed by atoms with Gasteiger partial charge in [0.15, 0.2) is 5.78 Å². The first-order chi connectivity index (χ1) is 12.5. The molecule has 0 atom stereocenters. The van der Waals surface area contributed by atoms with E-state index in [0.29, 0.717) is 17.1 Å². The van der Waals surface area contributed by atoms with E-state index in [1.165, 1.54) is 11.7 Å². The Morgan fingerprint density at radius 3 is 2.38 bits per heavy atom. The predicted octanol–water partition coefficient (Wildman–Crippen LogP) is 2.19. The molecular formula is C18H17N5O3. The van der Waals surface area contributed by atoms with Crippen LogP contribution in [-0.4, -0.2) is 39.0 Å². The number of aromatic nitrogens is 4. The van der Waals surface area contributed by atoms with Crippen molar-refractivity contribution in [1.82, 2.24) is 20.2 Å². The summed E-state index contributed by atoms with van der Waals surface area (Å²) in [6.45, 7) is 1.42. The number of tetrazole rings is 1. The highest BCUT2D eigenvalue weighted by Crippen LogP contribution is 2.18. The van der Waals surface area contributed by atoms with E-state index in [9.17, 15) is 9.59 Å². The topological polar surface area (TPSA) is 99.0 Å². The quantitative estimate of drug-likeness (QED) is 0.684. The molecule has 132 valence electrons. The number of hydrogen-bond donors (Lipinski definition) is 1. The second-order valence-electron chi connectivity index (χ2n) is 5.55. The Balaban J connectivity index is 1.62. The van der Waals surface area contributed by atoms with Gasteiger partial charge in [0.05, 0.1) is 7.11 Å². The van der Waals surface area contributed by atoms with Gasteiger partial charge in [0.2, 0.25) is 11.7 Å². The summed E-state index contributed by atoms with van der Waals surface area (Å²) >= 11 is 0. The normalized spacial score (nSPS) is 10.4. The van der Waals surface area contributed by atoms with Crippen LogP contribution in [0.25, 0.3) is 11.4 Å². The fraction of sp³-hybridized carbons (Fsp3) is 0.167. The minimum Gasteiger partial charge on any atom is -0.497 e. The molecule has 3 aromatic rings. The molecule has 8 nitrogen and oxygen atoms in total. The van der Waals surface area contributed by atoms with E-state index in [2.05, 4.69) is 20.7 Å². The SMILES string of the molecule is COc1ccc(-c2nnn(CC(=O)Nc3ccc(C(C)=O)cc3)n2)cc1. The van der Waals surface area contributed by atoms with Crippen molar-refractivity contribution >= 4 is 17.4 Å². The molecule has 1 N–H and O–H groups in total. The van der Waals surface area contributed by atoms with Crippen LogP contribution in [-0.2, 0) is 11.3 Å². The number of amides is 1. The van der Waals surface area contributed by atoms with Crippen molar-refractivity contribution in [2.45, 2.75) is 13.5 Å². The lowest BCUT2D eigenvalue weighted by Crippen LogP contribution is -2.20. The van der Waals surface area contributed by atoms with Crippen LogP contribution in [0.15, 0.2) is 48.5 Å². The standard InChI is InChI=1S/C18H17N5O3/c1-12(24)13-3-7-15(8-4-13)19-17(25)11-23-21-18(20-22-23)14-5-9-16(26-2)10-6-14/h3-10H,11H2,1-2H3,(H,19,25). The first-order valence-corrected chi connectivity index (χ1v) is 7.88. The average molecular weight is 351 g/mol. The number of benzene rings is 2. The van der Waals surface area contributed by atoms with Gasteiger partial charge in [-0.05, 0) is 60.7 Å². The van der Waals surface area contributed by atoms with Crippen LogP contribution in [0.4, 0.5) is 5.69 Å². The molecule has 0 aliphatic carbocycles. The minimum absolute atomic E-state index is 0.0271. The van der Waals surface area contributed by atoms with Crippen LogP contribution < -0.4 is 10.1 Å². The molecule has 0 bridgehead atoms. The number of anilines is 1. The lowest BCUT2D eigenvalue weighted by molar-refractivity contribution is -0.117. The summed E-state index contributed by atoms with van der Waals surface area (Å²) in [4.78, 5) is 24.6. The zero-order chi connectivity index (χ0) is 18.5. The highest BCUT2D eigenvalue weighted by molar-refractivity contribution is 5.95. The summed E-state index contributed by atoms with van der Waals surface area (Å²) in [6, 6.07) is 13.9. The number of hydrogen-bond acceptors (Lipinski definition) is 6. The molecule has 1 amide bonds. The Bertz CT molecular complexity index is 917. The Labute approximate surface area is 149 Å². The van der Waals surface area contributed by atoms with Crippen LogP contribution in [0.3, 0.4) is 0 Å². The molecule has 26 heavy (non-hydrogen) atoms. The molecule has 0 spiro atoms. The smallest absolute Gasteiger partial charge is 0.248 e. The lowest BCUT2D eigenvalue weighted by Gasteiger charge is -2.05. The van der Waals surface area contributed by atoms with Gasteiger partial charge in [0, 0.05) is 16.8 Å². The van der Waals surface area contributed by atoms with Crippen molar-refractivity contribution in [2.24, 2.45) is 0 Å². The molecule has 1 heterocycles. The van der Waals surface area contributed by atoms with Crippen LogP contribution in [0.1, 0.15) is 17.3 Å². The van der Waals surface area contributed by atoms with E-state index in [0.717, 1.165) is 11.3 Å². The minimum atomic E-state index is -0.292. The summed E-state index contributed by atoms with van der Waals surface area (Å²) in [5.41, 5.74) is 1.96. The average Bonchev–Trinajstić information content (AvgIpc) is 3.10. The molecule has 1 aromatic heterocycles. The number of carbonyl (C=O) groups excluding carboxylic acids is 2.